The number of benzene rings is 2. The SMILES string of the molecule is COC(=O)N[C@@H](Cc1ccccc1)C(=O)N[C@@H](Cc1ccc(NS(=O)(=O)O)cc1)c1nc(C2CC2)cs1. The molecule has 0 radical (unpaired) electrons. The molecule has 2 amide bonds. The Bertz CT molecular complexity index is 1320. The molecule has 12 heteroatoms. The summed E-state index contributed by atoms with van der Waals surface area (Å²) in [6.07, 6.45) is 2.15. The number of carbonyl (C=O) groups is 2. The van der Waals surface area contributed by atoms with E-state index in [1.165, 1.54) is 30.6 Å². The van der Waals surface area contributed by atoms with Gasteiger partial charge in [-0.05, 0) is 42.5 Å². The highest BCUT2D eigenvalue weighted by Crippen LogP contribution is 2.41. The molecular weight excluding hydrogens is 516 g/mol. The van der Waals surface area contributed by atoms with Gasteiger partial charge >= 0.3 is 16.4 Å². The van der Waals surface area contributed by atoms with Gasteiger partial charge in [0, 0.05) is 17.7 Å². The fraction of sp³-hybridized carbons (Fsp3) is 0.320. The maximum Gasteiger partial charge on any atom is 0.407 e. The summed E-state index contributed by atoms with van der Waals surface area (Å²) in [5.74, 6) is 0.0750. The van der Waals surface area contributed by atoms with E-state index in [2.05, 4.69) is 10.6 Å². The molecule has 196 valence electrons. The van der Waals surface area contributed by atoms with Crippen LogP contribution in [0.15, 0.2) is 60.0 Å². The first-order valence-corrected chi connectivity index (χ1v) is 14.0. The van der Waals surface area contributed by atoms with Gasteiger partial charge in [0.15, 0.2) is 0 Å². The van der Waals surface area contributed by atoms with Crippen molar-refractivity contribution in [2.24, 2.45) is 0 Å². The largest absolute Gasteiger partial charge is 0.453 e. The monoisotopic (exact) mass is 544 g/mol. The predicted octanol–water partition coefficient (Wildman–Crippen LogP) is 3.60. The molecule has 2 atom stereocenters. The van der Waals surface area contributed by atoms with Crippen molar-refractivity contribution < 1.29 is 27.3 Å². The van der Waals surface area contributed by atoms with E-state index in [1.807, 2.05) is 40.4 Å². The van der Waals surface area contributed by atoms with Gasteiger partial charge in [-0.25, -0.2) is 9.78 Å². The number of aromatic nitrogens is 1. The molecule has 3 aromatic rings. The lowest BCUT2D eigenvalue weighted by molar-refractivity contribution is -0.123. The van der Waals surface area contributed by atoms with Crippen LogP contribution in [0.4, 0.5) is 10.5 Å². The normalized spacial score (nSPS) is 14.9. The lowest BCUT2D eigenvalue weighted by Crippen LogP contribution is -2.49. The number of ether oxygens (including phenoxy) is 1. The molecule has 0 spiro atoms. The Labute approximate surface area is 219 Å². The van der Waals surface area contributed by atoms with Crippen molar-refractivity contribution in [1.29, 1.82) is 0 Å². The van der Waals surface area contributed by atoms with Crippen molar-refractivity contribution in [2.75, 3.05) is 11.8 Å². The summed E-state index contributed by atoms with van der Waals surface area (Å²) in [5.41, 5.74) is 2.92. The van der Waals surface area contributed by atoms with Crippen LogP contribution in [-0.4, -0.2) is 43.1 Å². The third kappa shape index (κ3) is 8.00. The summed E-state index contributed by atoms with van der Waals surface area (Å²) >= 11 is 1.47. The molecule has 37 heavy (non-hydrogen) atoms. The summed E-state index contributed by atoms with van der Waals surface area (Å²) in [4.78, 5) is 30.2. The maximum absolute atomic E-state index is 13.4. The number of nitrogens with zero attached hydrogens (tertiary/aromatic N) is 1. The standard InChI is InChI=1S/C25H28N4O6S2/c1-35-25(31)28-20(13-16-5-3-2-4-6-16)23(30)26-21(24-27-22(15-36-24)18-9-10-18)14-17-7-11-19(12-8-17)29-37(32,33)34/h2-8,11-12,15,18,20-21,29H,9-10,13-14H2,1H3,(H,26,30)(H,28,31)(H,32,33,34)/t20-,21-/m0/s1. The maximum atomic E-state index is 13.4. The number of carbonyl (C=O) groups excluding carboxylic acids is 2. The van der Waals surface area contributed by atoms with Gasteiger partial charge in [0.1, 0.15) is 11.0 Å². The molecule has 4 N–H and O–H groups in total. The molecule has 0 aliphatic heterocycles. The molecule has 4 rings (SSSR count). The summed E-state index contributed by atoms with van der Waals surface area (Å²) < 4.78 is 37.9. The molecule has 0 saturated heterocycles. The van der Waals surface area contributed by atoms with Gasteiger partial charge in [-0.15, -0.1) is 11.3 Å². The van der Waals surface area contributed by atoms with E-state index in [0.29, 0.717) is 12.3 Å². The Balaban J connectivity index is 1.55. The Morgan fingerprint density at radius 1 is 1.05 bits per heavy atom. The lowest BCUT2D eigenvalue weighted by atomic mass is 10.0. The Morgan fingerprint density at radius 3 is 2.35 bits per heavy atom. The molecule has 1 aliphatic rings. The van der Waals surface area contributed by atoms with Crippen molar-refractivity contribution >= 4 is 39.3 Å². The van der Waals surface area contributed by atoms with Gasteiger partial charge in [0.05, 0.1) is 24.5 Å². The van der Waals surface area contributed by atoms with E-state index in [9.17, 15) is 18.0 Å². The van der Waals surface area contributed by atoms with Crippen LogP contribution in [0.3, 0.4) is 0 Å². The highest BCUT2D eigenvalue weighted by Gasteiger charge is 2.29. The van der Waals surface area contributed by atoms with Crippen LogP contribution < -0.4 is 15.4 Å². The molecule has 1 heterocycles. The Kier molecular flexibility index (Phi) is 8.41. The number of hydrogen-bond donors (Lipinski definition) is 4. The molecule has 1 fully saturated rings. The zero-order valence-corrected chi connectivity index (χ0v) is 21.7. The fourth-order valence-corrected chi connectivity index (χ4v) is 5.24. The van der Waals surface area contributed by atoms with Gasteiger partial charge in [-0.3, -0.25) is 14.1 Å². The number of nitrogens with one attached hydrogen (secondary N) is 3. The first kappa shape index (κ1) is 26.6. The minimum atomic E-state index is -4.38. The number of rotatable bonds is 11. The van der Waals surface area contributed by atoms with Gasteiger partial charge in [0.25, 0.3) is 0 Å². The lowest BCUT2D eigenvalue weighted by Gasteiger charge is -2.22. The van der Waals surface area contributed by atoms with E-state index in [4.69, 9.17) is 14.3 Å². The van der Waals surface area contributed by atoms with Crippen LogP contribution in [0.25, 0.3) is 0 Å². The molecule has 10 nitrogen and oxygen atoms in total. The quantitative estimate of drug-likeness (QED) is 0.270. The van der Waals surface area contributed by atoms with Crippen LogP contribution in [0.5, 0.6) is 0 Å². The van der Waals surface area contributed by atoms with E-state index in [0.717, 1.165) is 34.7 Å². The van der Waals surface area contributed by atoms with Crippen molar-refractivity contribution in [1.82, 2.24) is 15.6 Å². The highest BCUT2D eigenvalue weighted by atomic mass is 32.2. The topological polar surface area (TPSA) is 147 Å². The molecule has 1 saturated carbocycles. The summed E-state index contributed by atoms with van der Waals surface area (Å²) in [7, 11) is -3.14. The third-order valence-electron chi connectivity index (χ3n) is 5.87. The minimum Gasteiger partial charge on any atom is -0.453 e. The molecule has 0 bridgehead atoms. The molecular formula is C25H28N4O6S2. The Hall–Kier alpha value is -3.48. The van der Waals surface area contributed by atoms with Crippen LogP contribution in [0, 0.1) is 0 Å². The fourth-order valence-electron chi connectivity index (χ4n) is 3.85. The number of hydrogen-bond acceptors (Lipinski definition) is 7. The van der Waals surface area contributed by atoms with E-state index >= 15 is 0 Å². The number of thiazole rings is 1. The summed E-state index contributed by atoms with van der Waals surface area (Å²) in [5, 5.41) is 8.42. The summed E-state index contributed by atoms with van der Waals surface area (Å²) in [6.45, 7) is 0. The first-order chi connectivity index (χ1) is 17.7. The number of amides is 2. The van der Waals surface area contributed by atoms with Crippen LogP contribution in [0.2, 0.25) is 0 Å². The Morgan fingerprint density at radius 2 is 1.73 bits per heavy atom. The molecule has 2 aromatic carbocycles. The first-order valence-electron chi connectivity index (χ1n) is 11.7. The van der Waals surface area contributed by atoms with E-state index < -0.39 is 28.5 Å². The molecule has 1 aromatic heterocycles. The zero-order valence-electron chi connectivity index (χ0n) is 20.1. The second kappa shape index (κ2) is 11.7. The predicted molar refractivity (Wildman–Crippen MR) is 140 cm³/mol. The van der Waals surface area contributed by atoms with Gasteiger partial charge < -0.3 is 15.4 Å². The van der Waals surface area contributed by atoms with Crippen molar-refractivity contribution in [3.63, 3.8) is 0 Å². The molecule has 1 aliphatic carbocycles. The second-order valence-electron chi connectivity index (χ2n) is 8.80. The average Bonchev–Trinajstić information content (AvgIpc) is 3.60. The van der Waals surface area contributed by atoms with E-state index in [1.54, 1.807) is 12.1 Å². The summed E-state index contributed by atoms with van der Waals surface area (Å²) in [6, 6.07) is 14.5. The van der Waals surface area contributed by atoms with Crippen molar-refractivity contribution in [3.05, 3.63) is 81.8 Å². The van der Waals surface area contributed by atoms with Crippen LogP contribution in [-0.2, 0) is 32.7 Å². The number of methoxy groups -OCH3 is 1. The van der Waals surface area contributed by atoms with Crippen molar-refractivity contribution in [3.8, 4) is 0 Å². The number of anilines is 1. The smallest absolute Gasteiger partial charge is 0.407 e. The second-order valence-corrected chi connectivity index (χ2v) is 10.8. The van der Waals surface area contributed by atoms with Gasteiger partial charge in [-0.2, -0.15) is 8.42 Å². The number of alkyl carbamates (subject to hydrolysis) is 1. The highest BCUT2D eigenvalue weighted by molar-refractivity contribution is 7.87. The third-order valence-corrected chi connectivity index (χ3v) is 7.34. The van der Waals surface area contributed by atoms with Crippen molar-refractivity contribution in [2.45, 2.75) is 43.7 Å². The molecule has 0 unspecified atom stereocenters. The zero-order chi connectivity index (χ0) is 26.4. The minimum absolute atomic E-state index is 0.210. The van der Waals surface area contributed by atoms with Crippen LogP contribution in [0.1, 0.15) is 46.6 Å². The van der Waals surface area contributed by atoms with E-state index in [-0.39, 0.29) is 18.0 Å². The van der Waals surface area contributed by atoms with Gasteiger partial charge in [0.2, 0.25) is 5.91 Å². The van der Waals surface area contributed by atoms with Crippen LogP contribution >= 0.6 is 11.3 Å². The average molecular weight is 545 g/mol. The van der Waals surface area contributed by atoms with Gasteiger partial charge in [-0.1, -0.05) is 42.5 Å².